The smallest absolute Gasteiger partial charge is 0.234 e. The van der Waals surface area contributed by atoms with Crippen molar-refractivity contribution < 1.29 is 19.0 Å². The second kappa shape index (κ2) is 9.23. The van der Waals surface area contributed by atoms with Gasteiger partial charge < -0.3 is 19.5 Å². The van der Waals surface area contributed by atoms with Crippen LogP contribution < -0.4 is 19.5 Å². The highest BCUT2D eigenvalue weighted by Crippen LogP contribution is 2.37. The molecule has 0 fully saturated rings. The summed E-state index contributed by atoms with van der Waals surface area (Å²) in [6.07, 6.45) is 0.785. The van der Waals surface area contributed by atoms with Gasteiger partial charge in [0.2, 0.25) is 11.1 Å². The third kappa shape index (κ3) is 4.60. The molecule has 1 N–H and O–H groups in total. The highest BCUT2D eigenvalue weighted by Gasteiger charge is 2.17. The van der Waals surface area contributed by atoms with Crippen LogP contribution in [0.15, 0.2) is 41.6 Å². The summed E-state index contributed by atoms with van der Waals surface area (Å²) in [4.78, 5) is 12.5. The fraction of sp³-hybridized carbons (Fsp3) is 0.263. The molecule has 2 heterocycles. The number of tetrazole rings is 1. The van der Waals surface area contributed by atoms with Crippen LogP contribution >= 0.6 is 23.4 Å². The maximum atomic E-state index is 12.5. The van der Waals surface area contributed by atoms with Crippen LogP contribution in [0.3, 0.4) is 0 Å². The molecule has 0 spiro atoms. The molecular weight excluding hydrogens is 430 g/mol. The van der Waals surface area contributed by atoms with Crippen molar-refractivity contribution in [3.63, 3.8) is 0 Å². The predicted octanol–water partition coefficient (Wildman–Crippen LogP) is 3.22. The van der Waals surface area contributed by atoms with Crippen molar-refractivity contribution in [3.8, 4) is 22.9 Å². The Morgan fingerprint density at radius 3 is 2.70 bits per heavy atom. The van der Waals surface area contributed by atoms with Crippen LogP contribution in [-0.4, -0.2) is 52.2 Å². The van der Waals surface area contributed by atoms with Crippen molar-refractivity contribution in [3.05, 3.63) is 41.4 Å². The van der Waals surface area contributed by atoms with E-state index < -0.39 is 0 Å². The Morgan fingerprint density at radius 2 is 1.97 bits per heavy atom. The molecule has 0 saturated carbocycles. The van der Waals surface area contributed by atoms with E-state index >= 15 is 0 Å². The molecule has 0 saturated heterocycles. The molecule has 4 rings (SSSR count). The molecule has 0 radical (unpaired) electrons. The Balaban J connectivity index is 1.41. The Bertz CT molecular complexity index is 1040. The lowest BCUT2D eigenvalue weighted by molar-refractivity contribution is -0.113. The van der Waals surface area contributed by atoms with Crippen molar-refractivity contribution >= 4 is 35.0 Å². The number of rotatable bonds is 6. The van der Waals surface area contributed by atoms with Crippen molar-refractivity contribution in [2.24, 2.45) is 0 Å². The maximum Gasteiger partial charge on any atom is 0.234 e. The van der Waals surface area contributed by atoms with Gasteiger partial charge in [-0.15, -0.1) is 5.10 Å². The van der Waals surface area contributed by atoms with Crippen molar-refractivity contribution in [1.29, 1.82) is 0 Å². The monoisotopic (exact) mass is 447 g/mol. The lowest BCUT2D eigenvalue weighted by Crippen LogP contribution is -2.15. The average molecular weight is 448 g/mol. The van der Waals surface area contributed by atoms with Crippen LogP contribution in [0, 0.1) is 0 Å². The SMILES string of the molecule is COc1ccc(-n2nnnc2SCC(=O)Nc2cc3c(cc2Cl)OCCCO3)cc1. The summed E-state index contributed by atoms with van der Waals surface area (Å²) in [5, 5.41) is 15.3. The number of aromatic nitrogens is 4. The minimum absolute atomic E-state index is 0.0985. The molecule has 156 valence electrons. The number of nitrogens with zero attached hydrogens (tertiary/aromatic N) is 4. The molecule has 2 aromatic carbocycles. The summed E-state index contributed by atoms with van der Waals surface area (Å²) >= 11 is 7.49. The normalized spacial score (nSPS) is 12.9. The number of carbonyl (C=O) groups excluding carboxylic acids is 1. The van der Waals surface area contributed by atoms with Gasteiger partial charge in [-0.25, -0.2) is 0 Å². The number of hydrogen-bond acceptors (Lipinski definition) is 8. The van der Waals surface area contributed by atoms with Gasteiger partial charge in [0.05, 0.1) is 42.5 Å². The Morgan fingerprint density at radius 1 is 1.23 bits per heavy atom. The van der Waals surface area contributed by atoms with E-state index in [-0.39, 0.29) is 11.7 Å². The molecule has 1 aliphatic heterocycles. The zero-order chi connectivity index (χ0) is 20.9. The van der Waals surface area contributed by atoms with E-state index in [1.807, 2.05) is 24.3 Å². The third-order valence-corrected chi connectivity index (χ3v) is 5.43. The zero-order valence-electron chi connectivity index (χ0n) is 16.0. The number of halogens is 1. The van der Waals surface area contributed by atoms with E-state index in [9.17, 15) is 4.79 Å². The first-order valence-corrected chi connectivity index (χ1v) is 10.4. The molecule has 9 nitrogen and oxygen atoms in total. The summed E-state index contributed by atoms with van der Waals surface area (Å²) in [6, 6.07) is 10.6. The fourth-order valence-electron chi connectivity index (χ4n) is 2.75. The van der Waals surface area contributed by atoms with Crippen LogP contribution in [-0.2, 0) is 4.79 Å². The Labute approximate surface area is 181 Å². The first-order chi connectivity index (χ1) is 14.6. The van der Waals surface area contributed by atoms with Gasteiger partial charge in [-0.1, -0.05) is 23.4 Å². The van der Waals surface area contributed by atoms with E-state index in [4.69, 9.17) is 25.8 Å². The van der Waals surface area contributed by atoms with E-state index in [0.29, 0.717) is 40.6 Å². The van der Waals surface area contributed by atoms with Gasteiger partial charge in [0.25, 0.3) is 0 Å². The number of ether oxygens (including phenoxy) is 3. The molecule has 11 heteroatoms. The standard InChI is InChI=1S/C19H18ClN5O4S/c1-27-13-5-3-12(4-6-13)25-19(22-23-24-25)30-11-18(26)21-15-10-17-16(9-14(15)20)28-7-2-8-29-17/h3-6,9-10H,2,7-8,11H2,1H3,(H,21,26). The minimum Gasteiger partial charge on any atom is -0.497 e. The molecular formula is C19H18ClN5O4S. The van der Waals surface area contributed by atoms with Gasteiger partial charge >= 0.3 is 0 Å². The van der Waals surface area contributed by atoms with Crippen LogP contribution in [0.4, 0.5) is 5.69 Å². The predicted molar refractivity (Wildman–Crippen MR) is 112 cm³/mol. The second-order valence-electron chi connectivity index (χ2n) is 6.24. The van der Waals surface area contributed by atoms with E-state index in [2.05, 4.69) is 20.8 Å². The number of thioether (sulfide) groups is 1. The Kier molecular flexibility index (Phi) is 6.24. The van der Waals surface area contributed by atoms with E-state index in [1.54, 1.807) is 23.9 Å². The summed E-state index contributed by atoms with van der Waals surface area (Å²) in [5.41, 5.74) is 1.22. The van der Waals surface area contributed by atoms with Crippen molar-refractivity contribution in [1.82, 2.24) is 20.2 Å². The van der Waals surface area contributed by atoms with Gasteiger partial charge in [-0.3, -0.25) is 4.79 Å². The topological polar surface area (TPSA) is 100 Å². The first-order valence-electron chi connectivity index (χ1n) is 9.08. The largest absolute Gasteiger partial charge is 0.497 e. The summed E-state index contributed by atoms with van der Waals surface area (Å²) in [7, 11) is 1.60. The van der Waals surface area contributed by atoms with Crippen LogP contribution in [0.2, 0.25) is 5.02 Å². The van der Waals surface area contributed by atoms with Gasteiger partial charge in [-0.2, -0.15) is 4.68 Å². The number of benzene rings is 2. The number of nitrogens with one attached hydrogen (secondary N) is 1. The minimum atomic E-state index is -0.249. The molecule has 0 aliphatic carbocycles. The highest BCUT2D eigenvalue weighted by atomic mass is 35.5. The summed E-state index contributed by atoms with van der Waals surface area (Å²) in [6.45, 7) is 1.11. The van der Waals surface area contributed by atoms with Crippen LogP contribution in [0.1, 0.15) is 6.42 Å². The number of amides is 1. The summed E-state index contributed by atoms with van der Waals surface area (Å²) in [5.74, 6) is 1.71. The molecule has 0 unspecified atom stereocenters. The number of carbonyl (C=O) groups is 1. The van der Waals surface area contributed by atoms with Crippen LogP contribution in [0.5, 0.6) is 17.2 Å². The zero-order valence-corrected chi connectivity index (χ0v) is 17.6. The lowest BCUT2D eigenvalue weighted by Gasteiger charge is -2.12. The Hall–Kier alpha value is -2.98. The molecule has 1 aliphatic rings. The van der Waals surface area contributed by atoms with Crippen molar-refractivity contribution in [2.75, 3.05) is 31.4 Å². The maximum absolute atomic E-state index is 12.5. The molecule has 1 aromatic heterocycles. The molecule has 3 aromatic rings. The van der Waals surface area contributed by atoms with Gasteiger partial charge in [0.1, 0.15) is 5.75 Å². The average Bonchev–Trinajstić information content (AvgIpc) is 3.12. The highest BCUT2D eigenvalue weighted by molar-refractivity contribution is 7.99. The van der Waals surface area contributed by atoms with Crippen molar-refractivity contribution in [2.45, 2.75) is 11.6 Å². The molecule has 1 amide bonds. The molecule has 30 heavy (non-hydrogen) atoms. The van der Waals surface area contributed by atoms with E-state index in [0.717, 1.165) is 17.9 Å². The lowest BCUT2D eigenvalue weighted by atomic mass is 10.2. The van der Waals surface area contributed by atoms with Gasteiger partial charge in [0.15, 0.2) is 11.5 Å². The fourth-order valence-corrected chi connectivity index (χ4v) is 3.64. The van der Waals surface area contributed by atoms with E-state index in [1.165, 1.54) is 11.8 Å². The third-order valence-electron chi connectivity index (χ3n) is 4.20. The second-order valence-corrected chi connectivity index (χ2v) is 7.59. The van der Waals surface area contributed by atoms with Gasteiger partial charge in [0, 0.05) is 18.6 Å². The molecule has 0 atom stereocenters. The quantitative estimate of drug-likeness (QED) is 0.575. The first kappa shape index (κ1) is 20.3. The number of fused-ring (bicyclic) bond motifs is 1. The molecule has 0 bridgehead atoms. The van der Waals surface area contributed by atoms with Crippen LogP contribution in [0.25, 0.3) is 5.69 Å². The number of methoxy groups -OCH3 is 1. The van der Waals surface area contributed by atoms with Gasteiger partial charge in [-0.05, 0) is 34.7 Å². The number of anilines is 1. The summed E-state index contributed by atoms with van der Waals surface area (Å²) < 4.78 is 18.0. The number of hydrogen-bond donors (Lipinski definition) is 1.